The van der Waals surface area contributed by atoms with Crippen molar-refractivity contribution in [3.05, 3.63) is 35.5 Å². The second kappa shape index (κ2) is 5.40. The minimum atomic E-state index is -0.979. The Morgan fingerprint density at radius 2 is 2.05 bits per heavy atom. The largest absolute Gasteiger partial charge is 0.376 e. The molecule has 106 valence electrons. The molecule has 20 heavy (non-hydrogen) atoms. The molecule has 0 aliphatic heterocycles. The quantitative estimate of drug-likeness (QED) is 0.938. The molecular weight excluding hydrogens is 264 g/mol. The highest BCUT2D eigenvalue weighted by Gasteiger charge is 2.13. The zero-order valence-corrected chi connectivity index (χ0v) is 11.5. The summed E-state index contributed by atoms with van der Waals surface area (Å²) in [6.45, 7) is 1.76. The number of pyridine rings is 1. The van der Waals surface area contributed by atoms with E-state index in [0.717, 1.165) is 6.07 Å². The Balaban J connectivity index is 2.43. The molecule has 6 heteroatoms. The van der Waals surface area contributed by atoms with Crippen molar-refractivity contribution in [1.29, 1.82) is 0 Å². The monoisotopic (exact) mass is 279 g/mol. The molecule has 1 heterocycles. The van der Waals surface area contributed by atoms with Crippen LogP contribution in [0.2, 0.25) is 0 Å². The van der Waals surface area contributed by atoms with Crippen LogP contribution in [0, 0.1) is 18.6 Å². The van der Waals surface area contributed by atoms with Crippen molar-refractivity contribution in [3.63, 3.8) is 0 Å². The number of fused-ring (bicyclic) bond motifs is 1. The number of carbonyl (C=O) groups is 1. The summed E-state index contributed by atoms with van der Waals surface area (Å²) < 4.78 is 27.0. The highest BCUT2D eigenvalue weighted by molar-refractivity contribution is 5.93. The molecule has 0 atom stereocenters. The van der Waals surface area contributed by atoms with Gasteiger partial charge in [0.2, 0.25) is 5.91 Å². The molecule has 0 aliphatic rings. The first-order valence-corrected chi connectivity index (χ1v) is 6.09. The lowest BCUT2D eigenvalue weighted by Crippen LogP contribution is -2.28. The van der Waals surface area contributed by atoms with Gasteiger partial charge in [-0.05, 0) is 25.1 Å². The lowest BCUT2D eigenvalue weighted by Gasteiger charge is -2.14. The van der Waals surface area contributed by atoms with Crippen molar-refractivity contribution in [2.45, 2.75) is 6.92 Å². The summed E-state index contributed by atoms with van der Waals surface area (Å²) in [5.74, 6) is -2.03. The van der Waals surface area contributed by atoms with E-state index in [0.29, 0.717) is 16.8 Å². The number of carbonyl (C=O) groups excluding carboxylic acids is 1. The van der Waals surface area contributed by atoms with Crippen LogP contribution in [-0.4, -0.2) is 36.4 Å². The third kappa shape index (κ3) is 2.68. The van der Waals surface area contributed by atoms with E-state index in [1.165, 1.54) is 11.0 Å². The van der Waals surface area contributed by atoms with Gasteiger partial charge in [-0.3, -0.25) is 4.79 Å². The Labute approximate surface area is 115 Å². The van der Waals surface area contributed by atoms with Gasteiger partial charge in [0.25, 0.3) is 0 Å². The van der Waals surface area contributed by atoms with Crippen molar-refractivity contribution in [3.8, 4) is 0 Å². The van der Waals surface area contributed by atoms with Crippen LogP contribution in [0.15, 0.2) is 18.2 Å². The van der Waals surface area contributed by atoms with Gasteiger partial charge in [-0.15, -0.1) is 0 Å². The Bertz CT molecular complexity index is 671. The molecule has 0 unspecified atom stereocenters. The summed E-state index contributed by atoms with van der Waals surface area (Å²) in [7, 11) is 3.30. The van der Waals surface area contributed by atoms with Crippen LogP contribution < -0.4 is 5.32 Å². The first-order chi connectivity index (χ1) is 9.40. The fourth-order valence-corrected chi connectivity index (χ4v) is 1.84. The number of benzene rings is 1. The van der Waals surface area contributed by atoms with Crippen LogP contribution in [-0.2, 0) is 4.79 Å². The number of nitrogens with one attached hydrogen (secondary N) is 1. The molecule has 0 spiro atoms. The maximum atomic E-state index is 13.7. The third-order valence-corrected chi connectivity index (χ3v) is 2.93. The number of hydrogen-bond acceptors (Lipinski definition) is 3. The van der Waals surface area contributed by atoms with E-state index in [9.17, 15) is 13.6 Å². The van der Waals surface area contributed by atoms with E-state index in [1.807, 2.05) is 0 Å². The lowest BCUT2D eigenvalue weighted by atomic mass is 10.1. The van der Waals surface area contributed by atoms with Crippen LogP contribution in [0.5, 0.6) is 0 Å². The average molecular weight is 279 g/mol. The highest BCUT2D eigenvalue weighted by atomic mass is 19.2. The van der Waals surface area contributed by atoms with Crippen LogP contribution in [0.4, 0.5) is 14.5 Å². The minimum Gasteiger partial charge on any atom is -0.376 e. The SMILES string of the molecule is Cc1cc(NCC(=O)N(C)C)c2ccc(F)c(F)c2n1. The number of hydrogen-bond donors (Lipinski definition) is 1. The maximum absolute atomic E-state index is 13.7. The predicted octanol–water partition coefficient (Wildman–Crippen LogP) is 2.32. The number of aryl methyl sites for hydroxylation is 1. The van der Waals surface area contributed by atoms with Gasteiger partial charge < -0.3 is 10.2 Å². The van der Waals surface area contributed by atoms with E-state index < -0.39 is 11.6 Å². The van der Waals surface area contributed by atoms with Gasteiger partial charge in [-0.1, -0.05) is 0 Å². The number of anilines is 1. The van der Waals surface area contributed by atoms with Crippen LogP contribution in [0.3, 0.4) is 0 Å². The molecule has 0 radical (unpaired) electrons. The van der Waals surface area contributed by atoms with Gasteiger partial charge in [0, 0.05) is 30.9 Å². The van der Waals surface area contributed by atoms with Gasteiger partial charge in [0.15, 0.2) is 11.6 Å². The van der Waals surface area contributed by atoms with Crippen LogP contribution in [0.1, 0.15) is 5.69 Å². The summed E-state index contributed by atoms with van der Waals surface area (Å²) in [5, 5.41) is 3.38. The molecule has 2 rings (SSSR count). The summed E-state index contributed by atoms with van der Waals surface area (Å²) in [4.78, 5) is 17.0. The molecule has 0 saturated heterocycles. The van der Waals surface area contributed by atoms with Crippen molar-refractivity contribution in [1.82, 2.24) is 9.88 Å². The third-order valence-electron chi connectivity index (χ3n) is 2.93. The molecule has 4 nitrogen and oxygen atoms in total. The molecule has 2 aromatic rings. The molecule has 1 aromatic heterocycles. The minimum absolute atomic E-state index is 0.0372. The number of likely N-dealkylation sites (N-methyl/N-ethyl adjacent to an activating group) is 1. The number of amides is 1. The first-order valence-electron chi connectivity index (χ1n) is 6.09. The van der Waals surface area contributed by atoms with Crippen LogP contribution in [0.25, 0.3) is 10.9 Å². The number of rotatable bonds is 3. The second-order valence-corrected chi connectivity index (χ2v) is 4.71. The number of nitrogens with zero attached hydrogens (tertiary/aromatic N) is 2. The van der Waals surface area contributed by atoms with Crippen molar-refractivity contribution in [2.75, 3.05) is 26.0 Å². The molecule has 0 bridgehead atoms. The Morgan fingerprint density at radius 3 is 2.70 bits per heavy atom. The van der Waals surface area contributed by atoms with E-state index in [-0.39, 0.29) is 18.0 Å². The highest BCUT2D eigenvalue weighted by Crippen LogP contribution is 2.26. The number of aromatic nitrogens is 1. The predicted molar refractivity (Wildman–Crippen MR) is 73.6 cm³/mol. The standard InChI is InChI=1S/C14H15F2N3O/c1-8-6-11(17-7-12(20)19(2)3)9-4-5-10(15)13(16)14(9)18-8/h4-6H,7H2,1-3H3,(H,17,18). The molecule has 1 N–H and O–H groups in total. The van der Waals surface area contributed by atoms with Gasteiger partial charge in [0.1, 0.15) is 5.52 Å². The topological polar surface area (TPSA) is 45.2 Å². The normalized spacial score (nSPS) is 10.7. The zero-order valence-electron chi connectivity index (χ0n) is 11.5. The van der Waals surface area contributed by atoms with E-state index in [2.05, 4.69) is 10.3 Å². The van der Waals surface area contributed by atoms with Crippen molar-refractivity contribution < 1.29 is 13.6 Å². The number of halogens is 2. The maximum Gasteiger partial charge on any atom is 0.241 e. The fraction of sp³-hybridized carbons (Fsp3) is 0.286. The smallest absolute Gasteiger partial charge is 0.241 e. The van der Waals surface area contributed by atoms with Crippen LogP contribution >= 0.6 is 0 Å². The molecule has 0 aliphatic carbocycles. The molecule has 1 aromatic carbocycles. The van der Waals surface area contributed by atoms with Gasteiger partial charge in [-0.2, -0.15) is 0 Å². The van der Waals surface area contributed by atoms with E-state index in [1.54, 1.807) is 27.1 Å². The summed E-state index contributed by atoms with van der Waals surface area (Å²) in [6.07, 6.45) is 0. The van der Waals surface area contributed by atoms with Gasteiger partial charge in [-0.25, -0.2) is 13.8 Å². The molecule has 0 fully saturated rings. The Hall–Kier alpha value is -2.24. The van der Waals surface area contributed by atoms with Crippen molar-refractivity contribution >= 4 is 22.5 Å². The van der Waals surface area contributed by atoms with Gasteiger partial charge in [0.05, 0.1) is 6.54 Å². The first kappa shape index (κ1) is 14.2. The lowest BCUT2D eigenvalue weighted by molar-refractivity contribution is -0.126. The summed E-state index contributed by atoms with van der Waals surface area (Å²) >= 11 is 0. The van der Waals surface area contributed by atoms with Crippen molar-refractivity contribution in [2.24, 2.45) is 0 Å². The van der Waals surface area contributed by atoms with E-state index >= 15 is 0 Å². The second-order valence-electron chi connectivity index (χ2n) is 4.71. The summed E-state index contributed by atoms with van der Waals surface area (Å²) in [6, 6.07) is 4.19. The average Bonchev–Trinajstić information content (AvgIpc) is 2.40. The molecule has 0 saturated carbocycles. The molecular formula is C14H15F2N3O. The Morgan fingerprint density at radius 1 is 1.35 bits per heavy atom. The fourth-order valence-electron chi connectivity index (χ4n) is 1.84. The van der Waals surface area contributed by atoms with Gasteiger partial charge >= 0.3 is 0 Å². The van der Waals surface area contributed by atoms with E-state index in [4.69, 9.17) is 0 Å². The zero-order chi connectivity index (χ0) is 14.9. The summed E-state index contributed by atoms with van der Waals surface area (Å²) in [5.41, 5.74) is 1.06. The molecule has 1 amide bonds. The Kier molecular flexibility index (Phi) is 3.83.